The number of anilines is 1. The highest BCUT2D eigenvalue weighted by Crippen LogP contribution is 2.14. The van der Waals surface area contributed by atoms with Gasteiger partial charge in [0.1, 0.15) is 0 Å². The van der Waals surface area contributed by atoms with E-state index in [2.05, 4.69) is 10.3 Å². The Hall–Kier alpha value is -2.83. The fourth-order valence-corrected chi connectivity index (χ4v) is 1.70. The lowest BCUT2D eigenvalue weighted by molar-refractivity contribution is -0.117. The van der Waals surface area contributed by atoms with Crippen LogP contribution in [0.2, 0.25) is 0 Å². The van der Waals surface area contributed by atoms with E-state index in [1.807, 2.05) is 0 Å². The van der Waals surface area contributed by atoms with Gasteiger partial charge >= 0.3 is 0 Å². The summed E-state index contributed by atoms with van der Waals surface area (Å²) >= 11 is 0. The van der Waals surface area contributed by atoms with Crippen LogP contribution >= 0.6 is 0 Å². The predicted molar refractivity (Wildman–Crippen MR) is 71.4 cm³/mol. The van der Waals surface area contributed by atoms with Crippen molar-refractivity contribution in [1.82, 2.24) is 4.98 Å². The quantitative estimate of drug-likeness (QED) is 0.840. The topological polar surface area (TPSA) is 85.1 Å². The smallest absolute Gasteiger partial charge is 0.258 e. The molecule has 2 rings (SSSR count). The highest BCUT2D eigenvalue weighted by molar-refractivity contribution is 6.04. The average Bonchev–Trinajstić information content (AvgIpc) is 2.43. The second kappa shape index (κ2) is 6.08. The lowest BCUT2D eigenvalue weighted by Gasteiger charge is -2.07. The number of carbonyl (C=O) groups excluding carboxylic acids is 2. The molecule has 1 heterocycles. The molecule has 1 aromatic carbocycles. The molecule has 0 atom stereocenters. The minimum atomic E-state index is -1.33. The number of primary amides is 1. The SMILES string of the molecule is NC(=O)Cc1ccc(NC(=O)c2ccnc(F)c2F)cc1. The molecule has 0 bridgehead atoms. The summed E-state index contributed by atoms with van der Waals surface area (Å²) in [5, 5.41) is 2.42. The number of hydrogen-bond donors (Lipinski definition) is 2. The van der Waals surface area contributed by atoms with Crippen LogP contribution in [0.4, 0.5) is 14.5 Å². The van der Waals surface area contributed by atoms with E-state index in [1.54, 1.807) is 12.1 Å². The number of nitrogens with one attached hydrogen (secondary N) is 1. The lowest BCUT2D eigenvalue weighted by atomic mass is 10.1. The van der Waals surface area contributed by atoms with E-state index in [9.17, 15) is 18.4 Å². The average molecular weight is 291 g/mol. The first-order valence-corrected chi connectivity index (χ1v) is 5.96. The van der Waals surface area contributed by atoms with E-state index in [0.717, 1.165) is 12.3 Å². The molecule has 21 heavy (non-hydrogen) atoms. The van der Waals surface area contributed by atoms with Crippen molar-refractivity contribution in [2.45, 2.75) is 6.42 Å². The first-order chi connectivity index (χ1) is 9.97. The van der Waals surface area contributed by atoms with Gasteiger partial charge in [-0.1, -0.05) is 12.1 Å². The molecule has 0 aliphatic carbocycles. The van der Waals surface area contributed by atoms with Gasteiger partial charge in [0.25, 0.3) is 5.91 Å². The number of pyridine rings is 1. The van der Waals surface area contributed by atoms with E-state index < -0.39 is 29.1 Å². The molecule has 0 radical (unpaired) electrons. The zero-order valence-corrected chi connectivity index (χ0v) is 10.8. The molecular formula is C14H11F2N3O2. The lowest BCUT2D eigenvalue weighted by Crippen LogP contribution is -2.15. The fourth-order valence-electron chi connectivity index (χ4n) is 1.70. The van der Waals surface area contributed by atoms with Crippen LogP contribution in [-0.4, -0.2) is 16.8 Å². The van der Waals surface area contributed by atoms with Gasteiger partial charge in [-0.15, -0.1) is 0 Å². The van der Waals surface area contributed by atoms with Gasteiger partial charge in [0.05, 0.1) is 12.0 Å². The summed E-state index contributed by atoms with van der Waals surface area (Å²) in [5.41, 5.74) is 5.68. The number of nitrogens with two attached hydrogens (primary N) is 1. The molecule has 5 nitrogen and oxygen atoms in total. The number of amides is 2. The molecular weight excluding hydrogens is 280 g/mol. The van der Waals surface area contributed by atoms with Crippen LogP contribution in [0.1, 0.15) is 15.9 Å². The van der Waals surface area contributed by atoms with Crippen LogP contribution in [0, 0.1) is 11.8 Å². The van der Waals surface area contributed by atoms with Gasteiger partial charge in [-0.05, 0) is 23.8 Å². The Morgan fingerprint density at radius 3 is 2.43 bits per heavy atom. The highest BCUT2D eigenvalue weighted by atomic mass is 19.2. The monoisotopic (exact) mass is 291 g/mol. The summed E-state index contributed by atoms with van der Waals surface area (Å²) in [5.74, 6) is -3.91. The number of benzene rings is 1. The maximum atomic E-state index is 13.4. The number of nitrogens with zero attached hydrogens (tertiary/aromatic N) is 1. The maximum Gasteiger partial charge on any atom is 0.258 e. The van der Waals surface area contributed by atoms with Gasteiger partial charge in [0, 0.05) is 11.9 Å². The number of aromatic nitrogens is 1. The summed E-state index contributed by atoms with van der Waals surface area (Å²) in [6.45, 7) is 0. The molecule has 0 fully saturated rings. The third-order valence-electron chi connectivity index (χ3n) is 2.68. The van der Waals surface area contributed by atoms with Gasteiger partial charge in [0.15, 0.2) is 5.82 Å². The van der Waals surface area contributed by atoms with Crippen LogP contribution in [0.25, 0.3) is 0 Å². The maximum absolute atomic E-state index is 13.4. The summed E-state index contributed by atoms with van der Waals surface area (Å²) in [6.07, 6.45) is 1.09. The van der Waals surface area contributed by atoms with Crippen molar-refractivity contribution in [3.05, 3.63) is 59.4 Å². The Kier molecular flexibility index (Phi) is 4.22. The third kappa shape index (κ3) is 3.59. The number of halogens is 2. The molecule has 3 N–H and O–H groups in total. The first-order valence-electron chi connectivity index (χ1n) is 5.96. The molecule has 0 unspecified atom stereocenters. The van der Waals surface area contributed by atoms with Gasteiger partial charge in [-0.25, -0.2) is 9.37 Å². The van der Waals surface area contributed by atoms with Crippen LogP contribution in [0.5, 0.6) is 0 Å². The molecule has 0 spiro atoms. The predicted octanol–water partition coefficient (Wildman–Crippen LogP) is 1.64. The van der Waals surface area contributed by atoms with Crippen molar-refractivity contribution in [2.24, 2.45) is 5.73 Å². The fraction of sp³-hybridized carbons (Fsp3) is 0.0714. The number of hydrogen-bond acceptors (Lipinski definition) is 3. The molecule has 108 valence electrons. The van der Waals surface area contributed by atoms with Gasteiger partial charge in [0.2, 0.25) is 11.9 Å². The Balaban J connectivity index is 2.12. The summed E-state index contributed by atoms with van der Waals surface area (Å²) in [6, 6.07) is 7.35. The molecule has 0 aliphatic heterocycles. The Labute approximate surface area is 118 Å². The van der Waals surface area contributed by atoms with Crippen LogP contribution in [0.3, 0.4) is 0 Å². The minimum absolute atomic E-state index is 0.0818. The molecule has 2 aromatic rings. The summed E-state index contributed by atoms with van der Waals surface area (Å²) in [7, 11) is 0. The van der Waals surface area contributed by atoms with Crippen molar-refractivity contribution in [2.75, 3.05) is 5.32 Å². The van der Waals surface area contributed by atoms with E-state index in [4.69, 9.17) is 5.73 Å². The minimum Gasteiger partial charge on any atom is -0.369 e. The van der Waals surface area contributed by atoms with Crippen molar-refractivity contribution in [1.29, 1.82) is 0 Å². The van der Waals surface area contributed by atoms with Crippen LogP contribution in [0.15, 0.2) is 36.5 Å². The van der Waals surface area contributed by atoms with Gasteiger partial charge in [-0.2, -0.15) is 4.39 Å². The van der Waals surface area contributed by atoms with E-state index >= 15 is 0 Å². The summed E-state index contributed by atoms with van der Waals surface area (Å²) < 4.78 is 26.4. The Morgan fingerprint density at radius 2 is 1.81 bits per heavy atom. The third-order valence-corrected chi connectivity index (χ3v) is 2.68. The first kappa shape index (κ1) is 14.6. The Morgan fingerprint density at radius 1 is 1.14 bits per heavy atom. The highest BCUT2D eigenvalue weighted by Gasteiger charge is 2.16. The standard InChI is InChI=1S/C14H11F2N3O2/c15-12-10(5-6-18-13(12)16)14(21)19-9-3-1-8(2-4-9)7-11(17)20/h1-6H,7H2,(H2,17,20)(H,19,21). The zero-order valence-electron chi connectivity index (χ0n) is 10.8. The van der Waals surface area contributed by atoms with Crippen molar-refractivity contribution >= 4 is 17.5 Å². The van der Waals surface area contributed by atoms with Crippen LogP contribution < -0.4 is 11.1 Å². The van der Waals surface area contributed by atoms with Crippen molar-refractivity contribution in [3.8, 4) is 0 Å². The molecule has 2 amide bonds. The second-order valence-corrected chi connectivity index (χ2v) is 4.26. The van der Waals surface area contributed by atoms with Gasteiger partial charge in [-0.3, -0.25) is 9.59 Å². The summed E-state index contributed by atoms with van der Waals surface area (Å²) in [4.78, 5) is 25.7. The van der Waals surface area contributed by atoms with Crippen molar-refractivity contribution in [3.63, 3.8) is 0 Å². The van der Waals surface area contributed by atoms with E-state index in [0.29, 0.717) is 11.3 Å². The number of rotatable bonds is 4. The molecule has 0 saturated carbocycles. The van der Waals surface area contributed by atoms with Gasteiger partial charge < -0.3 is 11.1 Å². The Bertz CT molecular complexity index is 687. The molecule has 0 saturated heterocycles. The number of carbonyl (C=O) groups is 2. The van der Waals surface area contributed by atoms with E-state index in [1.165, 1.54) is 12.1 Å². The normalized spacial score (nSPS) is 10.2. The largest absolute Gasteiger partial charge is 0.369 e. The zero-order chi connectivity index (χ0) is 15.4. The van der Waals surface area contributed by atoms with Crippen LogP contribution in [-0.2, 0) is 11.2 Å². The molecule has 7 heteroatoms. The molecule has 1 aromatic heterocycles. The van der Waals surface area contributed by atoms with Crippen molar-refractivity contribution < 1.29 is 18.4 Å². The second-order valence-electron chi connectivity index (χ2n) is 4.26. The van der Waals surface area contributed by atoms with E-state index in [-0.39, 0.29) is 6.42 Å². The molecule has 0 aliphatic rings.